The number of hydrogen-bond donors (Lipinski definition) is 3. The summed E-state index contributed by atoms with van der Waals surface area (Å²) in [6.07, 6.45) is 0. The monoisotopic (exact) mass is 438 g/mol. The van der Waals surface area contributed by atoms with Crippen molar-refractivity contribution >= 4 is 40.8 Å². The number of carboxylic acid groups (broad SMARTS) is 1. The molecule has 0 atom stereocenters. The number of rotatable bonds is 7. The van der Waals surface area contributed by atoms with E-state index in [0.717, 1.165) is 5.56 Å². The van der Waals surface area contributed by atoms with Gasteiger partial charge in [-0.1, -0.05) is 29.3 Å². The lowest BCUT2D eigenvalue weighted by molar-refractivity contribution is -0.124. The first-order valence-corrected chi connectivity index (χ1v) is 9.71. The van der Waals surface area contributed by atoms with E-state index in [2.05, 4.69) is 10.6 Å². The number of amides is 1. The van der Waals surface area contributed by atoms with Gasteiger partial charge in [0.15, 0.2) is 6.61 Å². The number of carbonyl (C=O) groups excluding carboxylic acids is 1. The molecule has 6 nitrogen and oxygen atoms in total. The second kappa shape index (κ2) is 9.37. The Balaban J connectivity index is 2.19. The predicted molar refractivity (Wildman–Crippen MR) is 115 cm³/mol. The Kier molecular flexibility index (Phi) is 7.38. The van der Waals surface area contributed by atoms with E-state index in [-0.39, 0.29) is 35.2 Å². The van der Waals surface area contributed by atoms with Crippen LogP contribution < -0.4 is 15.4 Å². The first-order chi connectivity index (χ1) is 13.5. The van der Waals surface area contributed by atoms with Gasteiger partial charge in [-0.2, -0.15) is 0 Å². The molecule has 0 aliphatic heterocycles. The maximum atomic E-state index is 12.1. The Morgan fingerprint density at radius 2 is 1.83 bits per heavy atom. The van der Waals surface area contributed by atoms with Gasteiger partial charge in [0.1, 0.15) is 5.75 Å². The van der Waals surface area contributed by atoms with Crippen LogP contribution in [0.5, 0.6) is 5.75 Å². The average molecular weight is 439 g/mol. The lowest BCUT2D eigenvalue weighted by Gasteiger charge is -2.21. The van der Waals surface area contributed by atoms with Crippen LogP contribution in [0, 0.1) is 6.92 Å². The molecule has 1 amide bonds. The smallest absolute Gasteiger partial charge is 0.335 e. The van der Waals surface area contributed by atoms with Crippen molar-refractivity contribution in [2.75, 3.05) is 11.9 Å². The van der Waals surface area contributed by atoms with Crippen molar-refractivity contribution in [1.29, 1.82) is 0 Å². The molecule has 2 aromatic carbocycles. The molecule has 0 aliphatic carbocycles. The largest absolute Gasteiger partial charge is 0.482 e. The fourth-order valence-electron chi connectivity index (χ4n) is 2.63. The molecule has 0 radical (unpaired) electrons. The number of carbonyl (C=O) groups is 2. The van der Waals surface area contributed by atoms with Crippen molar-refractivity contribution in [3.8, 4) is 5.75 Å². The number of carboxylic acids is 1. The minimum Gasteiger partial charge on any atom is -0.482 e. The third-order valence-corrected chi connectivity index (χ3v) is 4.40. The van der Waals surface area contributed by atoms with Gasteiger partial charge in [0, 0.05) is 28.4 Å². The molecule has 0 unspecified atom stereocenters. The zero-order chi connectivity index (χ0) is 21.8. The summed E-state index contributed by atoms with van der Waals surface area (Å²) in [7, 11) is 0. The zero-order valence-electron chi connectivity index (χ0n) is 16.7. The summed E-state index contributed by atoms with van der Waals surface area (Å²) in [5, 5.41) is 15.9. The van der Waals surface area contributed by atoms with Crippen LogP contribution in [0.1, 0.15) is 42.3 Å². The van der Waals surface area contributed by atoms with Gasteiger partial charge in [-0.15, -0.1) is 0 Å². The first-order valence-electron chi connectivity index (χ1n) is 8.96. The first kappa shape index (κ1) is 22.8. The van der Waals surface area contributed by atoms with E-state index in [1.54, 1.807) is 30.3 Å². The van der Waals surface area contributed by atoms with E-state index in [0.29, 0.717) is 22.0 Å². The highest BCUT2D eigenvalue weighted by molar-refractivity contribution is 6.35. The lowest BCUT2D eigenvalue weighted by Crippen LogP contribution is -2.43. The van der Waals surface area contributed by atoms with Crippen molar-refractivity contribution in [1.82, 2.24) is 5.32 Å². The molecule has 2 aromatic rings. The molecule has 8 heteroatoms. The van der Waals surface area contributed by atoms with Gasteiger partial charge in [-0.05, 0) is 57.5 Å². The third kappa shape index (κ3) is 6.84. The number of halogens is 2. The van der Waals surface area contributed by atoms with E-state index in [1.165, 1.54) is 0 Å². The summed E-state index contributed by atoms with van der Waals surface area (Å²) in [5.41, 5.74) is 2.00. The van der Waals surface area contributed by atoms with Crippen LogP contribution >= 0.6 is 23.2 Å². The highest BCUT2D eigenvalue weighted by atomic mass is 35.5. The molecule has 0 aromatic heterocycles. The van der Waals surface area contributed by atoms with Crippen LogP contribution in [-0.4, -0.2) is 29.1 Å². The van der Waals surface area contributed by atoms with Crippen LogP contribution in [0.4, 0.5) is 5.69 Å². The Hall–Kier alpha value is -2.44. The van der Waals surface area contributed by atoms with E-state index in [9.17, 15) is 14.7 Å². The number of benzene rings is 2. The number of aromatic carboxylic acids is 1. The molecule has 0 saturated heterocycles. The van der Waals surface area contributed by atoms with Crippen molar-refractivity contribution in [2.45, 2.75) is 39.8 Å². The maximum Gasteiger partial charge on any atom is 0.335 e. The van der Waals surface area contributed by atoms with Crippen LogP contribution in [0.25, 0.3) is 0 Å². The fraction of sp³-hybridized carbons (Fsp3) is 0.333. The molecule has 2 rings (SSSR count). The summed E-state index contributed by atoms with van der Waals surface area (Å²) in [4.78, 5) is 23.3. The highest BCUT2D eigenvalue weighted by Gasteiger charge is 2.17. The topological polar surface area (TPSA) is 87.7 Å². The maximum absolute atomic E-state index is 12.1. The normalized spacial score (nSPS) is 11.1. The minimum absolute atomic E-state index is 0.178. The third-order valence-electron chi connectivity index (χ3n) is 3.90. The van der Waals surface area contributed by atoms with Gasteiger partial charge < -0.3 is 20.5 Å². The summed E-state index contributed by atoms with van der Waals surface area (Å²) in [5.74, 6) is -0.931. The van der Waals surface area contributed by atoms with Gasteiger partial charge in [0.2, 0.25) is 0 Å². The Labute approximate surface area is 180 Å². The van der Waals surface area contributed by atoms with E-state index in [1.807, 2.05) is 27.7 Å². The molecule has 0 fully saturated rings. The number of hydrogen-bond acceptors (Lipinski definition) is 4. The van der Waals surface area contributed by atoms with Gasteiger partial charge in [-0.25, -0.2) is 4.79 Å². The van der Waals surface area contributed by atoms with E-state index >= 15 is 0 Å². The summed E-state index contributed by atoms with van der Waals surface area (Å²) >= 11 is 12.4. The van der Waals surface area contributed by atoms with Crippen LogP contribution in [0.2, 0.25) is 10.0 Å². The molecule has 0 spiro atoms. The van der Waals surface area contributed by atoms with Crippen LogP contribution in [0.3, 0.4) is 0 Å². The second-order valence-electron chi connectivity index (χ2n) is 7.65. The molecular weight excluding hydrogens is 415 g/mol. The number of ether oxygens (including phenoxy) is 1. The average Bonchev–Trinajstić information content (AvgIpc) is 2.58. The molecule has 0 heterocycles. The van der Waals surface area contributed by atoms with Gasteiger partial charge in [0.05, 0.1) is 10.6 Å². The summed E-state index contributed by atoms with van der Waals surface area (Å²) in [6, 6.07) is 8.06. The summed E-state index contributed by atoms with van der Waals surface area (Å²) in [6.45, 7) is 7.59. The SMILES string of the molecule is Cc1ccc(C(=O)O)cc1NCc1cc(Cl)cc(Cl)c1OCC(=O)NC(C)(C)C. The fourth-order valence-corrected chi connectivity index (χ4v) is 3.22. The Morgan fingerprint density at radius 3 is 2.45 bits per heavy atom. The molecule has 29 heavy (non-hydrogen) atoms. The lowest BCUT2D eigenvalue weighted by atomic mass is 10.1. The van der Waals surface area contributed by atoms with Crippen molar-refractivity contribution in [2.24, 2.45) is 0 Å². The number of anilines is 1. The standard InChI is InChI=1S/C21H24Cl2N2O4/c1-12-5-6-13(20(27)28)8-17(12)24-10-14-7-15(22)9-16(23)19(14)29-11-18(26)25-21(2,3)4/h5-9,24H,10-11H2,1-4H3,(H,25,26)(H,27,28). The Morgan fingerprint density at radius 1 is 1.14 bits per heavy atom. The second-order valence-corrected chi connectivity index (χ2v) is 8.49. The van der Waals surface area contributed by atoms with Crippen molar-refractivity contribution < 1.29 is 19.4 Å². The summed E-state index contributed by atoms with van der Waals surface area (Å²) < 4.78 is 5.67. The molecule has 0 aliphatic rings. The van der Waals surface area contributed by atoms with Crippen molar-refractivity contribution in [3.63, 3.8) is 0 Å². The predicted octanol–water partition coefficient (Wildman–Crippen LogP) is 4.91. The van der Waals surface area contributed by atoms with E-state index in [4.69, 9.17) is 27.9 Å². The highest BCUT2D eigenvalue weighted by Crippen LogP contribution is 2.33. The van der Waals surface area contributed by atoms with Crippen LogP contribution in [0.15, 0.2) is 30.3 Å². The molecular formula is C21H24Cl2N2O4. The van der Waals surface area contributed by atoms with Gasteiger partial charge in [0.25, 0.3) is 5.91 Å². The minimum atomic E-state index is -1.01. The van der Waals surface area contributed by atoms with Gasteiger partial charge in [-0.3, -0.25) is 4.79 Å². The molecule has 0 saturated carbocycles. The van der Waals surface area contributed by atoms with Crippen molar-refractivity contribution in [3.05, 3.63) is 57.1 Å². The quantitative estimate of drug-likeness (QED) is 0.571. The number of nitrogens with one attached hydrogen (secondary N) is 2. The van der Waals surface area contributed by atoms with E-state index < -0.39 is 5.97 Å². The van der Waals surface area contributed by atoms with Gasteiger partial charge >= 0.3 is 5.97 Å². The zero-order valence-corrected chi connectivity index (χ0v) is 18.2. The number of aryl methyl sites for hydroxylation is 1. The van der Waals surface area contributed by atoms with Crippen LogP contribution in [-0.2, 0) is 11.3 Å². The molecule has 3 N–H and O–H groups in total. The molecule has 0 bridgehead atoms. The Bertz CT molecular complexity index is 924. The molecule has 156 valence electrons.